The molecule has 0 saturated carbocycles. The van der Waals surface area contributed by atoms with Gasteiger partial charge in [-0.3, -0.25) is 0 Å². The van der Waals surface area contributed by atoms with Crippen molar-refractivity contribution in [2.45, 2.75) is 19.3 Å². The largest absolute Gasteiger partial charge is 0.316 e. The zero-order valence-electron chi connectivity index (χ0n) is 6.14. The fourth-order valence-electron chi connectivity index (χ4n) is 1.26. The van der Waals surface area contributed by atoms with E-state index >= 15 is 0 Å². The zero-order chi connectivity index (χ0) is 7.23. The Hall–Kier alpha value is -0.550. The summed E-state index contributed by atoms with van der Waals surface area (Å²) < 4.78 is 0. The lowest BCUT2D eigenvalue weighted by Gasteiger charge is -2.20. The maximum Gasteiger partial charge on any atom is 0.0621 e. The summed E-state index contributed by atoms with van der Waals surface area (Å²) >= 11 is 0. The van der Waals surface area contributed by atoms with Crippen LogP contribution >= 0.6 is 0 Å². The SMILES string of the molecule is N#CCCC1[CH]CCNC1. The van der Waals surface area contributed by atoms with Gasteiger partial charge in [0.2, 0.25) is 0 Å². The quantitative estimate of drug-likeness (QED) is 0.618. The van der Waals surface area contributed by atoms with Gasteiger partial charge in [0.1, 0.15) is 0 Å². The number of nitriles is 1. The average molecular weight is 137 g/mol. The molecule has 1 fully saturated rings. The summed E-state index contributed by atoms with van der Waals surface area (Å²) in [5.74, 6) is 0.647. The molecule has 0 aliphatic carbocycles. The van der Waals surface area contributed by atoms with Gasteiger partial charge in [-0.1, -0.05) is 0 Å². The van der Waals surface area contributed by atoms with Crippen LogP contribution in [0, 0.1) is 23.7 Å². The van der Waals surface area contributed by atoms with Crippen LogP contribution in [-0.2, 0) is 0 Å². The molecule has 10 heavy (non-hydrogen) atoms. The van der Waals surface area contributed by atoms with Crippen LogP contribution in [0.3, 0.4) is 0 Å². The minimum absolute atomic E-state index is 0.647. The second-order valence-electron chi connectivity index (χ2n) is 2.69. The van der Waals surface area contributed by atoms with Gasteiger partial charge in [0.05, 0.1) is 6.07 Å². The van der Waals surface area contributed by atoms with E-state index in [4.69, 9.17) is 5.26 Å². The van der Waals surface area contributed by atoms with E-state index < -0.39 is 0 Å². The third kappa shape index (κ3) is 2.36. The minimum atomic E-state index is 0.647. The number of piperidine rings is 1. The number of hydrogen-bond donors (Lipinski definition) is 1. The molecule has 1 aliphatic rings. The summed E-state index contributed by atoms with van der Waals surface area (Å²) in [5, 5.41) is 11.6. The van der Waals surface area contributed by atoms with Gasteiger partial charge >= 0.3 is 0 Å². The second-order valence-corrected chi connectivity index (χ2v) is 2.69. The van der Waals surface area contributed by atoms with Crippen LogP contribution < -0.4 is 5.32 Å². The molecule has 0 bridgehead atoms. The Morgan fingerprint density at radius 1 is 1.70 bits per heavy atom. The zero-order valence-corrected chi connectivity index (χ0v) is 6.14. The van der Waals surface area contributed by atoms with Crippen LogP contribution in [0.5, 0.6) is 0 Å². The molecule has 1 unspecified atom stereocenters. The highest BCUT2D eigenvalue weighted by molar-refractivity contribution is 4.85. The minimum Gasteiger partial charge on any atom is -0.316 e. The van der Waals surface area contributed by atoms with Gasteiger partial charge in [0.25, 0.3) is 0 Å². The Balaban J connectivity index is 2.09. The monoisotopic (exact) mass is 137 g/mol. The highest BCUT2D eigenvalue weighted by atomic mass is 14.9. The molecule has 0 aromatic heterocycles. The summed E-state index contributed by atoms with van der Waals surface area (Å²) in [4.78, 5) is 0. The van der Waals surface area contributed by atoms with Crippen molar-refractivity contribution in [3.05, 3.63) is 6.42 Å². The maximum absolute atomic E-state index is 8.31. The second kappa shape index (κ2) is 4.29. The number of nitrogens with one attached hydrogen (secondary N) is 1. The first kappa shape index (κ1) is 7.56. The Morgan fingerprint density at radius 2 is 2.60 bits per heavy atom. The number of rotatable bonds is 2. The van der Waals surface area contributed by atoms with E-state index in [2.05, 4.69) is 17.8 Å². The van der Waals surface area contributed by atoms with Crippen LogP contribution in [0.2, 0.25) is 0 Å². The molecule has 2 nitrogen and oxygen atoms in total. The predicted octanol–water partition coefficient (Wildman–Crippen LogP) is 1.10. The summed E-state index contributed by atoms with van der Waals surface area (Å²) in [5.41, 5.74) is 0. The third-order valence-electron chi connectivity index (χ3n) is 1.85. The highest BCUT2D eigenvalue weighted by Gasteiger charge is 2.11. The topological polar surface area (TPSA) is 35.8 Å². The van der Waals surface area contributed by atoms with Gasteiger partial charge < -0.3 is 5.32 Å². The highest BCUT2D eigenvalue weighted by Crippen LogP contribution is 2.13. The molecule has 55 valence electrons. The van der Waals surface area contributed by atoms with Crippen molar-refractivity contribution in [1.82, 2.24) is 5.32 Å². The molecule has 1 aliphatic heterocycles. The van der Waals surface area contributed by atoms with Gasteiger partial charge in [0, 0.05) is 6.42 Å². The molecule has 1 rings (SSSR count). The first-order valence-corrected chi connectivity index (χ1v) is 3.84. The van der Waals surface area contributed by atoms with E-state index in [1.54, 1.807) is 0 Å². The Labute approximate surface area is 62.2 Å². The van der Waals surface area contributed by atoms with Crippen molar-refractivity contribution in [3.63, 3.8) is 0 Å². The van der Waals surface area contributed by atoms with Gasteiger partial charge in [-0.25, -0.2) is 0 Å². The Kier molecular flexibility index (Phi) is 3.25. The molecule has 2 heteroatoms. The van der Waals surface area contributed by atoms with Gasteiger partial charge in [-0.2, -0.15) is 5.26 Å². The number of nitrogens with zero attached hydrogens (tertiary/aromatic N) is 1. The fourth-order valence-corrected chi connectivity index (χ4v) is 1.26. The van der Waals surface area contributed by atoms with Crippen LogP contribution in [0.15, 0.2) is 0 Å². The molecule has 1 N–H and O–H groups in total. The van der Waals surface area contributed by atoms with Crippen molar-refractivity contribution in [1.29, 1.82) is 5.26 Å². The van der Waals surface area contributed by atoms with Crippen LogP contribution in [0.4, 0.5) is 0 Å². The summed E-state index contributed by atoms with van der Waals surface area (Å²) in [7, 11) is 0. The summed E-state index contributed by atoms with van der Waals surface area (Å²) in [6, 6.07) is 2.17. The Bertz CT molecular complexity index is 120. The molecule has 1 heterocycles. The lowest BCUT2D eigenvalue weighted by atomic mass is 9.95. The molecule has 0 spiro atoms. The van der Waals surface area contributed by atoms with E-state index in [1.807, 2.05) is 0 Å². The lowest BCUT2D eigenvalue weighted by molar-refractivity contribution is 0.444. The van der Waals surface area contributed by atoms with Gasteiger partial charge in [-0.05, 0) is 38.3 Å². The normalized spacial score (nSPS) is 25.7. The fraction of sp³-hybridized carbons (Fsp3) is 0.750. The van der Waals surface area contributed by atoms with E-state index in [1.165, 1.54) is 0 Å². The molecular weight excluding hydrogens is 124 g/mol. The van der Waals surface area contributed by atoms with Crippen molar-refractivity contribution < 1.29 is 0 Å². The molecule has 0 aromatic rings. The molecule has 0 aromatic carbocycles. The van der Waals surface area contributed by atoms with Gasteiger partial charge in [0.15, 0.2) is 0 Å². The van der Waals surface area contributed by atoms with Crippen molar-refractivity contribution in [2.24, 2.45) is 5.92 Å². The molecular formula is C8H13N2. The number of hydrogen-bond acceptors (Lipinski definition) is 2. The van der Waals surface area contributed by atoms with Crippen molar-refractivity contribution in [3.8, 4) is 6.07 Å². The first-order valence-electron chi connectivity index (χ1n) is 3.84. The van der Waals surface area contributed by atoms with Crippen LogP contribution in [0.1, 0.15) is 19.3 Å². The van der Waals surface area contributed by atoms with Crippen LogP contribution in [-0.4, -0.2) is 13.1 Å². The average Bonchev–Trinajstić information content (AvgIpc) is 2.03. The smallest absolute Gasteiger partial charge is 0.0621 e. The summed E-state index contributed by atoms with van der Waals surface area (Å²) in [6.07, 6.45) is 5.22. The summed E-state index contributed by atoms with van der Waals surface area (Å²) in [6.45, 7) is 2.19. The predicted molar refractivity (Wildman–Crippen MR) is 40.1 cm³/mol. The maximum atomic E-state index is 8.31. The van der Waals surface area contributed by atoms with Crippen LogP contribution in [0.25, 0.3) is 0 Å². The molecule has 1 atom stereocenters. The molecule has 1 saturated heterocycles. The van der Waals surface area contributed by atoms with E-state index in [0.29, 0.717) is 12.3 Å². The standard InChI is InChI=1S/C8H13N2/c9-5-1-3-8-4-2-6-10-7-8/h4,8,10H,1-3,6-7H2. The third-order valence-corrected chi connectivity index (χ3v) is 1.85. The van der Waals surface area contributed by atoms with Crippen molar-refractivity contribution >= 4 is 0 Å². The van der Waals surface area contributed by atoms with Crippen molar-refractivity contribution in [2.75, 3.05) is 13.1 Å². The van der Waals surface area contributed by atoms with E-state index in [0.717, 1.165) is 25.9 Å². The molecule has 0 amide bonds. The van der Waals surface area contributed by atoms with E-state index in [-0.39, 0.29) is 0 Å². The first-order chi connectivity index (χ1) is 4.93. The van der Waals surface area contributed by atoms with Gasteiger partial charge in [-0.15, -0.1) is 0 Å². The Morgan fingerprint density at radius 3 is 3.20 bits per heavy atom. The lowest BCUT2D eigenvalue weighted by Crippen LogP contribution is -2.30. The molecule has 1 radical (unpaired) electrons. The van der Waals surface area contributed by atoms with E-state index in [9.17, 15) is 0 Å².